The van der Waals surface area contributed by atoms with Crippen molar-refractivity contribution >= 4 is 5.95 Å². The van der Waals surface area contributed by atoms with Crippen molar-refractivity contribution < 1.29 is 4.74 Å². The summed E-state index contributed by atoms with van der Waals surface area (Å²) in [6.07, 6.45) is 2.64. The number of nitrogens with one attached hydrogen (secondary N) is 1. The van der Waals surface area contributed by atoms with Gasteiger partial charge in [-0.25, -0.2) is 15.0 Å². The molecule has 1 saturated carbocycles. The molecule has 7 nitrogen and oxygen atoms in total. The third-order valence-electron chi connectivity index (χ3n) is 5.01. The van der Waals surface area contributed by atoms with Gasteiger partial charge in [0, 0.05) is 37.5 Å². The molecular formula is C17H24N6O. The maximum absolute atomic E-state index is 5.14. The minimum absolute atomic E-state index is 0.337. The van der Waals surface area contributed by atoms with Gasteiger partial charge in [-0.1, -0.05) is 0 Å². The van der Waals surface area contributed by atoms with Crippen LogP contribution in [0.2, 0.25) is 0 Å². The Morgan fingerprint density at radius 2 is 1.92 bits per heavy atom. The predicted octanol–water partition coefficient (Wildman–Crippen LogP) is 1.99. The van der Waals surface area contributed by atoms with Crippen molar-refractivity contribution in [3.05, 3.63) is 29.1 Å². The molecule has 1 saturated heterocycles. The van der Waals surface area contributed by atoms with Gasteiger partial charge in [0.2, 0.25) is 5.95 Å². The molecule has 0 spiro atoms. The second kappa shape index (κ2) is 6.12. The van der Waals surface area contributed by atoms with Crippen molar-refractivity contribution in [2.75, 3.05) is 25.1 Å². The third kappa shape index (κ3) is 3.00. The zero-order valence-corrected chi connectivity index (χ0v) is 14.5. The number of hydrogen-bond donors (Lipinski definition) is 1. The number of ether oxygens (including phenoxy) is 1. The predicted molar refractivity (Wildman–Crippen MR) is 89.8 cm³/mol. The van der Waals surface area contributed by atoms with E-state index in [1.807, 2.05) is 19.9 Å². The molecule has 0 bridgehead atoms. The molecule has 0 radical (unpaired) electrons. The van der Waals surface area contributed by atoms with Gasteiger partial charge in [0.25, 0.3) is 0 Å². The van der Waals surface area contributed by atoms with Crippen molar-refractivity contribution in [1.82, 2.24) is 25.1 Å². The molecule has 4 rings (SSSR count). The van der Waals surface area contributed by atoms with Crippen LogP contribution in [0.3, 0.4) is 0 Å². The highest BCUT2D eigenvalue weighted by molar-refractivity contribution is 5.36. The molecular weight excluding hydrogens is 304 g/mol. The summed E-state index contributed by atoms with van der Waals surface area (Å²) in [4.78, 5) is 16.2. The molecule has 24 heavy (non-hydrogen) atoms. The van der Waals surface area contributed by atoms with Crippen molar-refractivity contribution in [3.8, 4) is 0 Å². The highest BCUT2D eigenvalue weighted by Crippen LogP contribution is 2.47. The SMILES string of the molecule is COCc1nc([C@H]2CN(c3nc(C)cc(C)n3)C[C@@H]2C2CC2)n[nH]1. The number of anilines is 1. The van der Waals surface area contributed by atoms with Crippen LogP contribution in [-0.4, -0.2) is 45.3 Å². The Morgan fingerprint density at radius 1 is 1.17 bits per heavy atom. The molecule has 3 heterocycles. The first-order chi connectivity index (χ1) is 11.6. The number of rotatable bonds is 5. The summed E-state index contributed by atoms with van der Waals surface area (Å²) in [5.74, 6) is 4.25. The number of aromatic nitrogens is 5. The summed E-state index contributed by atoms with van der Waals surface area (Å²) in [6.45, 7) is 6.39. The van der Waals surface area contributed by atoms with Crippen molar-refractivity contribution in [2.45, 2.75) is 39.2 Å². The monoisotopic (exact) mass is 328 g/mol. The van der Waals surface area contributed by atoms with Crippen LogP contribution in [0.5, 0.6) is 0 Å². The number of aryl methyl sites for hydroxylation is 2. The second-order valence-electron chi connectivity index (χ2n) is 7.04. The first-order valence-electron chi connectivity index (χ1n) is 8.61. The van der Waals surface area contributed by atoms with E-state index in [9.17, 15) is 0 Å². The molecule has 0 unspecified atom stereocenters. The Bertz CT molecular complexity index is 705. The quantitative estimate of drug-likeness (QED) is 0.904. The van der Waals surface area contributed by atoms with Crippen LogP contribution in [-0.2, 0) is 11.3 Å². The highest BCUT2D eigenvalue weighted by Gasteiger charge is 2.45. The zero-order valence-electron chi connectivity index (χ0n) is 14.5. The molecule has 7 heteroatoms. The smallest absolute Gasteiger partial charge is 0.225 e. The minimum Gasteiger partial charge on any atom is -0.377 e. The van der Waals surface area contributed by atoms with Crippen LogP contribution in [0.1, 0.15) is 41.8 Å². The van der Waals surface area contributed by atoms with E-state index in [4.69, 9.17) is 4.74 Å². The summed E-state index contributed by atoms with van der Waals surface area (Å²) in [6, 6.07) is 2.02. The molecule has 2 aromatic heterocycles. The first-order valence-corrected chi connectivity index (χ1v) is 8.61. The lowest BCUT2D eigenvalue weighted by molar-refractivity contribution is 0.178. The highest BCUT2D eigenvalue weighted by atomic mass is 16.5. The third-order valence-corrected chi connectivity index (χ3v) is 5.01. The van der Waals surface area contributed by atoms with Crippen LogP contribution >= 0.6 is 0 Å². The van der Waals surface area contributed by atoms with Crippen LogP contribution in [0.25, 0.3) is 0 Å². The summed E-state index contributed by atoms with van der Waals surface area (Å²) in [5, 5.41) is 7.46. The average molecular weight is 328 g/mol. The van der Waals surface area contributed by atoms with E-state index in [-0.39, 0.29) is 0 Å². The molecule has 1 N–H and O–H groups in total. The van der Waals surface area contributed by atoms with Gasteiger partial charge in [0.05, 0.1) is 0 Å². The standard InChI is InChI=1S/C17H24N6O/c1-10-6-11(2)19-17(18-10)23-7-13(12-4-5-12)14(8-23)16-20-15(9-24-3)21-22-16/h6,12-14H,4-5,7-9H2,1-3H3,(H,20,21,22)/t13-,14+/m1/s1. The van der Waals surface area contributed by atoms with Gasteiger partial charge < -0.3 is 9.64 Å². The molecule has 2 aromatic rings. The van der Waals surface area contributed by atoms with Gasteiger partial charge in [0.15, 0.2) is 11.6 Å². The van der Waals surface area contributed by atoms with Crippen LogP contribution in [0.15, 0.2) is 6.07 Å². The Hall–Kier alpha value is -2.02. The molecule has 128 valence electrons. The summed E-state index contributed by atoms with van der Waals surface area (Å²) < 4.78 is 5.14. The summed E-state index contributed by atoms with van der Waals surface area (Å²) in [7, 11) is 1.67. The number of nitrogens with zero attached hydrogens (tertiary/aromatic N) is 5. The maximum Gasteiger partial charge on any atom is 0.225 e. The molecule has 1 aliphatic carbocycles. The van der Waals surface area contributed by atoms with E-state index in [0.29, 0.717) is 18.4 Å². The summed E-state index contributed by atoms with van der Waals surface area (Å²) >= 11 is 0. The molecule has 0 aromatic carbocycles. The molecule has 1 aliphatic heterocycles. The van der Waals surface area contributed by atoms with Gasteiger partial charge in [-0.2, -0.15) is 5.10 Å². The fourth-order valence-electron chi connectivity index (χ4n) is 3.79. The van der Waals surface area contributed by atoms with E-state index in [1.165, 1.54) is 12.8 Å². The van der Waals surface area contributed by atoms with Gasteiger partial charge in [-0.05, 0) is 44.6 Å². The molecule has 0 amide bonds. The van der Waals surface area contributed by atoms with Crippen molar-refractivity contribution in [3.63, 3.8) is 0 Å². The fourth-order valence-corrected chi connectivity index (χ4v) is 3.79. The van der Waals surface area contributed by atoms with Gasteiger partial charge >= 0.3 is 0 Å². The first kappa shape index (κ1) is 15.5. The van der Waals surface area contributed by atoms with Crippen LogP contribution in [0.4, 0.5) is 5.95 Å². The lowest BCUT2D eigenvalue weighted by Gasteiger charge is -2.16. The number of hydrogen-bond acceptors (Lipinski definition) is 6. The van der Waals surface area contributed by atoms with E-state index in [0.717, 1.165) is 48.0 Å². The molecule has 2 aliphatic rings. The number of methoxy groups -OCH3 is 1. The zero-order chi connectivity index (χ0) is 16.7. The van der Waals surface area contributed by atoms with Crippen molar-refractivity contribution in [1.29, 1.82) is 0 Å². The largest absolute Gasteiger partial charge is 0.377 e. The van der Waals surface area contributed by atoms with Crippen LogP contribution in [0, 0.1) is 25.7 Å². The Balaban J connectivity index is 1.59. The number of aromatic amines is 1. The topological polar surface area (TPSA) is 79.8 Å². The number of H-pyrrole nitrogens is 1. The Morgan fingerprint density at radius 3 is 2.58 bits per heavy atom. The van der Waals surface area contributed by atoms with E-state index < -0.39 is 0 Å². The van der Waals surface area contributed by atoms with Crippen molar-refractivity contribution in [2.24, 2.45) is 11.8 Å². The minimum atomic E-state index is 0.337. The van der Waals surface area contributed by atoms with E-state index >= 15 is 0 Å². The van der Waals surface area contributed by atoms with Crippen LogP contribution < -0.4 is 4.90 Å². The Kier molecular flexibility index (Phi) is 3.96. The average Bonchev–Trinajstić information content (AvgIpc) is 3.11. The lowest BCUT2D eigenvalue weighted by Crippen LogP contribution is -2.23. The van der Waals surface area contributed by atoms with E-state index in [1.54, 1.807) is 7.11 Å². The summed E-state index contributed by atoms with van der Waals surface area (Å²) in [5.41, 5.74) is 2.04. The Labute approximate surface area is 141 Å². The normalized spacial score (nSPS) is 23.9. The maximum atomic E-state index is 5.14. The van der Waals surface area contributed by atoms with E-state index in [2.05, 4.69) is 30.0 Å². The fraction of sp³-hybridized carbons (Fsp3) is 0.647. The van der Waals surface area contributed by atoms with Gasteiger partial charge in [-0.15, -0.1) is 0 Å². The van der Waals surface area contributed by atoms with Gasteiger partial charge in [0.1, 0.15) is 6.61 Å². The second-order valence-corrected chi connectivity index (χ2v) is 7.04. The molecule has 2 fully saturated rings. The molecule has 2 atom stereocenters. The van der Waals surface area contributed by atoms with Gasteiger partial charge in [-0.3, -0.25) is 5.10 Å². The lowest BCUT2D eigenvalue weighted by atomic mass is 9.91.